The van der Waals surface area contributed by atoms with Gasteiger partial charge in [-0.05, 0) is 37.8 Å². The molecule has 120 valence electrons. The molecule has 0 amide bonds. The van der Waals surface area contributed by atoms with Crippen LogP contribution in [0.4, 0.5) is 8.78 Å². The Labute approximate surface area is 130 Å². The molecule has 0 saturated carbocycles. The van der Waals surface area contributed by atoms with E-state index in [0.717, 1.165) is 19.3 Å². The summed E-state index contributed by atoms with van der Waals surface area (Å²) in [5.41, 5.74) is 0.397. The molecule has 0 spiro atoms. The highest BCUT2D eigenvalue weighted by Gasteiger charge is 2.40. The van der Waals surface area contributed by atoms with Gasteiger partial charge in [0, 0.05) is 32.8 Å². The van der Waals surface area contributed by atoms with E-state index in [-0.39, 0.29) is 28.0 Å². The van der Waals surface area contributed by atoms with Crippen molar-refractivity contribution in [1.29, 1.82) is 0 Å². The molecule has 2 aliphatic heterocycles. The predicted molar refractivity (Wildman–Crippen MR) is 79.7 cm³/mol. The van der Waals surface area contributed by atoms with Crippen LogP contribution < -0.4 is 4.74 Å². The van der Waals surface area contributed by atoms with Gasteiger partial charge in [-0.25, -0.2) is 0 Å². The average Bonchev–Trinajstić information content (AvgIpc) is 2.46. The van der Waals surface area contributed by atoms with Crippen molar-refractivity contribution in [3.8, 4) is 5.75 Å². The zero-order valence-corrected chi connectivity index (χ0v) is 12.9. The Hall–Kier alpha value is -1.30. The number of benzene rings is 1. The molecule has 22 heavy (non-hydrogen) atoms. The smallest absolute Gasteiger partial charge is 0.387 e. The van der Waals surface area contributed by atoms with Crippen molar-refractivity contribution in [3.63, 3.8) is 0 Å². The van der Waals surface area contributed by atoms with Gasteiger partial charge in [0.25, 0.3) is 0 Å². The number of hydrogen-bond donors (Lipinski definition) is 0. The summed E-state index contributed by atoms with van der Waals surface area (Å²) in [6, 6.07) is 5.96. The van der Waals surface area contributed by atoms with Crippen LogP contribution in [0.3, 0.4) is 0 Å². The normalized spacial score (nSPS) is 31.0. The highest BCUT2D eigenvalue weighted by Crippen LogP contribution is 2.38. The first-order valence-corrected chi connectivity index (χ1v) is 8.80. The van der Waals surface area contributed by atoms with Gasteiger partial charge < -0.3 is 4.74 Å². The number of ether oxygens (including phenoxy) is 1. The first-order valence-electron chi connectivity index (χ1n) is 7.53. The second-order valence-corrected chi connectivity index (χ2v) is 7.93. The Kier molecular flexibility index (Phi) is 4.57. The third-order valence-electron chi connectivity index (χ3n) is 4.52. The third-order valence-corrected chi connectivity index (χ3v) is 6.69. The van der Waals surface area contributed by atoms with Crippen LogP contribution in [-0.2, 0) is 10.8 Å². The van der Waals surface area contributed by atoms with Crippen LogP contribution in [0, 0.1) is 5.92 Å². The van der Waals surface area contributed by atoms with Crippen molar-refractivity contribution in [2.45, 2.75) is 49.2 Å². The highest BCUT2D eigenvalue weighted by atomic mass is 32.2. The van der Waals surface area contributed by atoms with Crippen LogP contribution in [0.2, 0.25) is 0 Å². The minimum atomic E-state index is -2.90. The molecule has 1 aromatic rings. The van der Waals surface area contributed by atoms with Gasteiger partial charge in [0.15, 0.2) is 5.78 Å². The summed E-state index contributed by atoms with van der Waals surface area (Å²) >= 11 is 0. The molecule has 1 aromatic carbocycles. The van der Waals surface area contributed by atoms with E-state index in [2.05, 4.69) is 4.74 Å². The van der Waals surface area contributed by atoms with Crippen LogP contribution in [0.25, 0.3) is 0 Å². The van der Waals surface area contributed by atoms with Crippen LogP contribution in [-0.4, -0.2) is 27.1 Å². The van der Waals surface area contributed by atoms with Crippen molar-refractivity contribution in [3.05, 3.63) is 29.8 Å². The van der Waals surface area contributed by atoms with Crippen molar-refractivity contribution in [1.82, 2.24) is 0 Å². The topological polar surface area (TPSA) is 43.4 Å². The van der Waals surface area contributed by atoms with E-state index in [1.54, 1.807) is 12.1 Å². The maximum atomic E-state index is 12.6. The number of Topliss-reactive ketones (excluding diaryl/α,β-unsaturated/α-hetero) is 1. The molecule has 2 unspecified atom stereocenters. The van der Waals surface area contributed by atoms with E-state index in [0.29, 0.717) is 18.4 Å². The van der Waals surface area contributed by atoms with Gasteiger partial charge in [0.2, 0.25) is 0 Å². The second-order valence-electron chi connectivity index (χ2n) is 5.94. The molecule has 2 atom stereocenters. The first-order chi connectivity index (χ1) is 10.5. The molecule has 2 heterocycles. The van der Waals surface area contributed by atoms with Gasteiger partial charge in [-0.2, -0.15) is 8.78 Å². The lowest BCUT2D eigenvalue weighted by atomic mass is 9.84. The number of hydrogen-bond acceptors (Lipinski definition) is 3. The van der Waals surface area contributed by atoms with E-state index in [1.807, 2.05) is 0 Å². The zero-order chi connectivity index (χ0) is 15.7. The van der Waals surface area contributed by atoms with E-state index in [4.69, 9.17) is 0 Å². The molecule has 0 aliphatic carbocycles. The second kappa shape index (κ2) is 6.44. The number of halogens is 2. The summed E-state index contributed by atoms with van der Waals surface area (Å²) in [5, 5.41) is 0.226. The molecular weight excluding hydrogens is 310 g/mol. The number of carbonyl (C=O) groups excluding carboxylic acids is 1. The maximum Gasteiger partial charge on any atom is 0.387 e. The summed E-state index contributed by atoms with van der Waals surface area (Å²) in [5.74, 6) is -0.205. The van der Waals surface area contributed by atoms with Gasteiger partial charge in [-0.1, -0.05) is 18.6 Å². The fourth-order valence-electron chi connectivity index (χ4n) is 3.51. The lowest BCUT2D eigenvalue weighted by molar-refractivity contribution is -0.0498. The summed E-state index contributed by atoms with van der Waals surface area (Å²) in [4.78, 5) is 12.6. The van der Waals surface area contributed by atoms with Crippen molar-refractivity contribution >= 4 is 16.6 Å². The Bertz CT molecular complexity index is 575. The van der Waals surface area contributed by atoms with Gasteiger partial charge in [0.1, 0.15) is 5.75 Å². The summed E-state index contributed by atoms with van der Waals surface area (Å²) in [7, 11) is -0.818. The van der Waals surface area contributed by atoms with Crippen LogP contribution in [0.15, 0.2) is 24.3 Å². The number of rotatable bonds is 4. The lowest BCUT2D eigenvalue weighted by Crippen LogP contribution is -2.41. The first kappa shape index (κ1) is 15.6. The molecular formula is C16H18F2O3S. The Morgan fingerprint density at radius 2 is 1.91 bits per heavy atom. The largest absolute Gasteiger partial charge is 0.435 e. The van der Waals surface area contributed by atoms with E-state index in [9.17, 15) is 17.8 Å². The molecule has 2 bridgehead atoms. The SMILES string of the molecule is O=C(c1cccc(OC(F)F)c1)C1CC2CCCC(C1)S2=O. The lowest BCUT2D eigenvalue weighted by Gasteiger charge is -2.37. The van der Waals surface area contributed by atoms with Gasteiger partial charge >= 0.3 is 6.61 Å². The molecule has 0 N–H and O–H groups in total. The summed E-state index contributed by atoms with van der Waals surface area (Å²) in [6.07, 6.45) is 4.20. The quantitative estimate of drug-likeness (QED) is 0.794. The van der Waals surface area contributed by atoms with E-state index in [1.165, 1.54) is 12.1 Å². The van der Waals surface area contributed by atoms with Crippen molar-refractivity contribution < 1.29 is 22.5 Å². The Balaban J connectivity index is 1.75. The number of ketones is 1. The standard InChI is InChI=1S/C16H18F2O3S/c17-16(18)21-12-4-1-3-10(7-12)15(19)11-8-13-5-2-6-14(9-11)22(13)20/h1,3-4,7,11,13-14,16H,2,5-6,8-9H2. The van der Waals surface area contributed by atoms with Crippen molar-refractivity contribution in [2.24, 2.45) is 5.92 Å². The Morgan fingerprint density at radius 1 is 1.23 bits per heavy atom. The minimum Gasteiger partial charge on any atom is -0.435 e. The molecule has 2 fully saturated rings. The van der Waals surface area contributed by atoms with Crippen LogP contribution >= 0.6 is 0 Å². The van der Waals surface area contributed by atoms with Gasteiger partial charge in [-0.3, -0.25) is 9.00 Å². The van der Waals surface area contributed by atoms with Gasteiger partial charge in [-0.15, -0.1) is 0 Å². The monoisotopic (exact) mass is 328 g/mol. The van der Waals surface area contributed by atoms with Gasteiger partial charge in [0.05, 0.1) is 0 Å². The molecule has 0 radical (unpaired) electrons. The predicted octanol–water partition coefficient (Wildman–Crippen LogP) is 3.55. The van der Waals surface area contributed by atoms with Crippen molar-refractivity contribution in [2.75, 3.05) is 0 Å². The fourth-order valence-corrected chi connectivity index (χ4v) is 5.70. The van der Waals surface area contributed by atoms with Crippen LogP contribution in [0.5, 0.6) is 5.75 Å². The Morgan fingerprint density at radius 3 is 2.55 bits per heavy atom. The summed E-state index contributed by atoms with van der Waals surface area (Å²) < 4.78 is 41.1. The van der Waals surface area contributed by atoms with E-state index >= 15 is 0 Å². The minimum absolute atomic E-state index is 0.000398. The number of alkyl halides is 2. The third kappa shape index (κ3) is 3.21. The number of carbonyl (C=O) groups is 1. The maximum absolute atomic E-state index is 12.6. The fraction of sp³-hybridized carbons (Fsp3) is 0.562. The molecule has 0 aromatic heterocycles. The highest BCUT2D eigenvalue weighted by molar-refractivity contribution is 7.86. The molecule has 2 saturated heterocycles. The number of fused-ring (bicyclic) bond motifs is 2. The van der Waals surface area contributed by atoms with E-state index < -0.39 is 17.4 Å². The molecule has 2 aliphatic rings. The molecule has 3 rings (SSSR count). The molecule has 6 heteroatoms. The molecule has 3 nitrogen and oxygen atoms in total. The van der Waals surface area contributed by atoms with Crippen LogP contribution in [0.1, 0.15) is 42.5 Å². The zero-order valence-electron chi connectivity index (χ0n) is 12.0. The summed E-state index contributed by atoms with van der Waals surface area (Å²) in [6.45, 7) is -2.90. The average molecular weight is 328 g/mol.